The van der Waals surface area contributed by atoms with Crippen LogP contribution in [0.15, 0.2) is 52.3 Å². The quantitative estimate of drug-likeness (QED) is 0.433. The number of hydrazine groups is 1. The summed E-state index contributed by atoms with van der Waals surface area (Å²) in [6.45, 7) is 1.50. The maximum Gasteiger partial charge on any atom is 0.293 e. The molecule has 0 aliphatic carbocycles. The molecule has 2 amide bonds. The van der Waals surface area contributed by atoms with Crippen LogP contribution in [0, 0.1) is 0 Å². The Kier molecular flexibility index (Phi) is 7.45. The number of thiophene rings is 1. The molecule has 0 spiro atoms. The molecule has 9 nitrogen and oxygen atoms in total. The molecule has 3 aromatic rings. The molecule has 3 rings (SSSR count). The topological polar surface area (TPSA) is 111 Å². The van der Waals surface area contributed by atoms with E-state index in [0.29, 0.717) is 37.0 Å². The smallest absolute Gasteiger partial charge is 0.293 e. The Morgan fingerprint density at radius 2 is 1.97 bits per heavy atom. The monoisotopic (exact) mass is 416 g/mol. The molecule has 1 unspecified atom stereocenters. The first kappa shape index (κ1) is 20.6. The number of benzene rings is 1. The SMILES string of the molecule is COCC[NH+](CC(=O)NNC(=O)c1ccccc1)Cc1nnc(-c2cccs2)o1. The van der Waals surface area contributed by atoms with Gasteiger partial charge in [0.05, 0.1) is 11.5 Å². The van der Waals surface area contributed by atoms with Crippen molar-refractivity contribution in [3.63, 3.8) is 0 Å². The molecule has 0 fully saturated rings. The molecule has 2 heterocycles. The van der Waals surface area contributed by atoms with Crippen molar-refractivity contribution in [3.8, 4) is 10.8 Å². The van der Waals surface area contributed by atoms with Gasteiger partial charge >= 0.3 is 0 Å². The van der Waals surface area contributed by atoms with Crippen LogP contribution in [0.2, 0.25) is 0 Å². The maximum absolute atomic E-state index is 12.3. The van der Waals surface area contributed by atoms with Gasteiger partial charge in [0.1, 0.15) is 6.54 Å². The molecule has 0 bridgehead atoms. The van der Waals surface area contributed by atoms with Crippen molar-refractivity contribution < 1.29 is 23.6 Å². The first-order valence-corrected chi connectivity index (χ1v) is 9.86. The van der Waals surface area contributed by atoms with Crippen molar-refractivity contribution in [3.05, 3.63) is 59.3 Å². The summed E-state index contributed by atoms with van der Waals surface area (Å²) in [4.78, 5) is 26.1. The molecule has 0 aliphatic rings. The molecule has 1 atom stereocenters. The van der Waals surface area contributed by atoms with Crippen LogP contribution in [0.3, 0.4) is 0 Å². The minimum atomic E-state index is -0.380. The standard InChI is InChI=1S/C19H21N5O4S/c1-27-10-9-24(13-17-21-23-19(28-17)15-8-5-11-29-15)12-16(25)20-22-18(26)14-6-3-2-4-7-14/h2-8,11H,9-10,12-13H2,1H3,(H,20,25)(H,22,26)/p+1. The van der Waals surface area contributed by atoms with Crippen LogP contribution in [-0.2, 0) is 16.1 Å². The van der Waals surface area contributed by atoms with Gasteiger partial charge in [-0.25, -0.2) is 0 Å². The van der Waals surface area contributed by atoms with Crippen LogP contribution < -0.4 is 15.8 Å². The largest absolute Gasteiger partial charge is 0.414 e. The number of nitrogens with one attached hydrogen (secondary N) is 3. The number of hydrogen-bond donors (Lipinski definition) is 3. The molecular weight excluding hydrogens is 394 g/mol. The van der Waals surface area contributed by atoms with E-state index in [9.17, 15) is 9.59 Å². The second-order valence-electron chi connectivity index (χ2n) is 6.19. The summed E-state index contributed by atoms with van der Waals surface area (Å²) in [6, 6.07) is 12.5. The summed E-state index contributed by atoms with van der Waals surface area (Å²) in [5, 5.41) is 10.1. The van der Waals surface area contributed by atoms with Gasteiger partial charge in [-0.15, -0.1) is 21.5 Å². The molecule has 10 heteroatoms. The molecule has 0 saturated heterocycles. The first-order chi connectivity index (χ1) is 14.2. The molecule has 2 aromatic heterocycles. The molecule has 0 saturated carbocycles. The van der Waals surface area contributed by atoms with E-state index in [2.05, 4.69) is 21.0 Å². The van der Waals surface area contributed by atoms with Crippen LogP contribution in [0.5, 0.6) is 0 Å². The summed E-state index contributed by atoms with van der Waals surface area (Å²) in [5.41, 5.74) is 5.31. The fourth-order valence-corrected chi connectivity index (χ4v) is 3.23. The lowest BCUT2D eigenvalue weighted by Crippen LogP contribution is -3.12. The van der Waals surface area contributed by atoms with Crippen molar-refractivity contribution in [1.29, 1.82) is 0 Å². The number of aromatic nitrogens is 2. The molecule has 0 radical (unpaired) electrons. The van der Waals surface area contributed by atoms with Gasteiger partial charge in [-0.1, -0.05) is 24.3 Å². The van der Waals surface area contributed by atoms with Crippen LogP contribution in [0.1, 0.15) is 16.2 Å². The molecule has 152 valence electrons. The Morgan fingerprint density at radius 3 is 2.69 bits per heavy atom. The van der Waals surface area contributed by atoms with Crippen molar-refractivity contribution in [2.24, 2.45) is 0 Å². The number of nitrogens with zero attached hydrogens (tertiary/aromatic N) is 2. The van der Waals surface area contributed by atoms with Crippen LogP contribution in [-0.4, -0.2) is 48.8 Å². The van der Waals surface area contributed by atoms with Gasteiger partial charge < -0.3 is 14.1 Å². The lowest BCUT2D eigenvalue weighted by atomic mass is 10.2. The number of amides is 2. The van der Waals surface area contributed by atoms with Gasteiger partial charge in [-0.3, -0.25) is 20.4 Å². The lowest BCUT2D eigenvalue weighted by Gasteiger charge is -2.17. The van der Waals surface area contributed by atoms with Gasteiger partial charge in [-0.2, -0.15) is 0 Å². The van der Waals surface area contributed by atoms with Crippen molar-refractivity contribution in [2.45, 2.75) is 6.54 Å². The summed E-state index contributed by atoms with van der Waals surface area (Å²) < 4.78 is 10.8. The third-order valence-corrected chi connectivity index (χ3v) is 4.88. The second kappa shape index (κ2) is 10.5. The normalized spacial score (nSPS) is 11.8. The van der Waals surface area contributed by atoms with E-state index in [1.807, 2.05) is 23.6 Å². The van der Waals surface area contributed by atoms with Gasteiger partial charge in [0.25, 0.3) is 23.6 Å². The zero-order chi connectivity index (χ0) is 20.5. The van der Waals surface area contributed by atoms with Gasteiger partial charge in [0, 0.05) is 12.7 Å². The van der Waals surface area contributed by atoms with Crippen molar-refractivity contribution in [1.82, 2.24) is 21.0 Å². The number of hydrogen-bond acceptors (Lipinski definition) is 7. The molecule has 0 aliphatic heterocycles. The van der Waals surface area contributed by atoms with Crippen molar-refractivity contribution >= 4 is 23.2 Å². The third kappa shape index (κ3) is 6.21. The lowest BCUT2D eigenvalue weighted by molar-refractivity contribution is -0.907. The van der Waals surface area contributed by atoms with E-state index in [0.717, 1.165) is 9.78 Å². The first-order valence-electron chi connectivity index (χ1n) is 8.98. The summed E-state index contributed by atoms with van der Waals surface area (Å²) >= 11 is 1.51. The highest BCUT2D eigenvalue weighted by molar-refractivity contribution is 7.13. The number of rotatable bonds is 9. The highest BCUT2D eigenvalue weighted by Gasteiger charge is 2.19. The van der Waals surface area contributed by atoms with E-state index in [1.165, 1.54) is 11.3 Å². The fourth-order valence-electron chi connectivity index (χ4n) is 2.58. The zero-order valence-corrected chi connectivity index (χ0v) is 16.7. The van der Waals surface area contributed by atoms with Crippen LogP contribution in [0.4, 0.5) is 0 Å². The Hall–Kier alpha value is -3.08. The van der Waals surface area contributed by atoms with Gasteiger partial charge in [-0.05, 0) is 23.6 Å². The fraction of sp³-hybridized carbons (Fsp3) is 0.263. The molecular formula is C19H22N5O4S+. The summed E-state index contributed by atoms with van der Waals surface area (Å²) in [6.07, 6.45) is 0. The predicted molar refractivity (Wildman–Crippen MR) is 106 cm³/mol. The summed E-state index contributed by atoms with van der Waals surface area (Å²) in [7, 11) is 1.60. The van der Waals surface area contributed by atoms with Crippen molar-refractivity contribution in [2.75, 3.05) is 26.8 Å². The minimum Gasteiger partial charge on any atom is -0.414 e. The number of methoxy groups -OCH3 is 1. The van der Waals surface area contributed by atoms with Crippen LogP contribution in [0.25, 0.3) is 10.8 Å². The van der Waals surface area contributed by atoms with Gasteiger partial charge in [0.15, 0.2) is 13.1 Å². The highest BCUT2D eigenvalue weighted by atomic mass is 32.1. The number of ether oxygens (including phenoxy) is 1. The maximum atomic E-state index is 12.3. The van der Waals surface area contributed by atoms with Crippen LogP contribution >= 0.6 is 11.3 Å². The average molecular weight is 416 g/mol. The Bertz CT molecular complexity index is 914. The van der Waals surface area contributed by atoms with E-state index in [-0.39, 0.29) is 18.4 Å². The highest BCUT2D eigenvalue weighted by Crippen LogP contribution is 2.22. The zero-order valence-electron chi connectivity index (χ0n) is 15.9. The second-order valence-corrected chi connectivity index (χ2v) is 7.14. The Balaban J connectivity index is 1.54. The Morgan fingerprint density at radius 1 is 1.14 bits per heavy atom. The average Bonchev–Trinajstić information content (AvgIpc) is 3.43. The molecule has 3 N–H and O–H groups in total. The molecule has 29 heavy (non-hydrogen) atoms. The summed E-state index contributed by atoms with van der Waals surface area (Å²) in [5.74, 6) is 0.176. The van der Waals surface area contributed by atoms with E-state index >= 15 is 0 Å². The van der Waals surface area contributed by atoms with E-state index in [4.69, 9.17) is 9.15 Å². The third-order valence-electron chi connectivity index (χ3n) is 4.02. The molecule has 1 aromatic carbocycles. The number of carbonyl (C=O) groups excluding carboxylic acids is 2. The Labute approximate surface area is 171 Å². The number of carbonyl (C=O) groups is 2. The minimum absolute atomic E-state index is 0.106. The van der Waals surface area contributed by atoms with Gasteiger partial charge in [0.2, 0.25) is 0 Å². The van der Waals surface area contributed by atoms with E-state index in [1.54, 1.807) is 31.4 Å². The predicted octanol–water partition coefficient (Wildman–Crippen LogP) is 0.291. The number of quaternary nitrogens is 1. The van der Waals surface area contributed by atoms with E-state index < -0.39 is 0 Å².